The topological polar surface area (TPSA) is 36.4 Å². The SMILES string of the molecule is O=C(CCc1cccnc1)N1CCC(C2CCN(CCc3ccccc3)CC2)C1. The quantitative estimate of drug-likeness (QED) is 0.720. The molecule has 0 radical (unpaired) electrons. The number of aromatic nitrogens is 1. The molecule has 29 heavy (non-hydrogen) atoms. The van der Waals surface area contributed by atoms with Gasteiger partial charge >= 0.3 is 0 Å². The molecule has 4 rings (SSSR count). The molecule has 0 aliphatic carbocycles. The van der Waals surface area contributed by atoms with Crippen molar-refractivity contribution in [2.75, 3.05) is 32.7 Å². The maximum Gasteiger partial charge on any atom is 0.222 e. The fourth-order valence-electron chi connectivity index (χ4n) is 4.93. The molecule has 1 amide bonds. The zero-order valence-electron chi connectivity index (χ0n) is 17.4. The van der Waals surface area contributed by atoms with Gasteiger partial charge in [-0.2, -0.15) is 0 Å². The lowest BCUT2D eigenvalue weighted by molar-refractivity contribution is -0.130. The van der Waals surface area contributed by atoms with Gasteiger partial charge in [0, 0.05) is 38.4 Å². The average Bonchev–Trinajstić information content (AvgIpc) is 3.28. The van der Waals surface area contributed by atoms with Crippen LogP contribution in [0.1, 0.15) is 36.8 Å². The van der Waals surface area contributed by atoms with E-state index in [1.807, 2.05) is 12.3 Å². The first kappa shape index (κ1) is 20.1. The number of hydrogen-bond donors (Lipinski definition) is 0. The molecule has 2 aliphatic rings. The first-order chi connectivity index (χ1) is 14.3. The number of aryl methyl sites for hydroxylation is 1. The summed E-state index contributed by atoms with van der Waals surface area (Å²) in [6, 6.07) is 14.8. The first-order valence-corrected chi connectivity index (χ1v) is 11.2. The molecule has 0 bridgehead atoms. The summed E-state index contributed by atoms with van der Waals surface area (Å²) in [5.74, 6) is 1.81. The molecule has 154 valence electrons. The summed E-state index contributed by atoms with van der Waals surface area (Å²) < 4.78 is 0. The standard InChI is InChI=1S/C25H33N3O/c29-25(9-8-22-7-4-14-26-19-22)28-18-13-24(20-28)23-11-16-27(17-12-23)15-10-21-5-2-1-3-6-21/h1-7,14,19,23-24H,8-13,15-18,20H2. The molecule has 1 atom stereocenters. The van der Waals surface area contributed by atoms with E-state index in [0.29, 0.717) is 18.2 Å². The lowest BCUT2D eigenvalue weighted by atomic mass is 9.83. The Morgan fingerprint density at radius 2 is 1.66 bits per heavy atom. The van der Waals surface area contributed by atoms with Crippen molar-refractivity contribution in [3.8, 4) is 0 Å². The molecule has 2 aromatic rings. The van der Waals surface area contributed by atoms with Gasteiger partial charge in [-0.25, -0.2) is 0 Å². The Hall–Kier alpha value is -2.20. The predicted octanol–water partition coefficient (Wildman–Crippen LogP) is 3.82. The van der Waals surface area contributed by atoms with Gasteiger partial charge in [-0.3, -0.25) is 9.78 Å². The normalized spacial score (nSPS) is 20.8. The molecule has 0 spiro atoms. The molecule has 4 heteroatoms. The number of pyridine rings is 1. The van der Waals surface area contributed by atoms with Crippen LogP contribution in [0, 0.1) is 11.8 Å². The van der Waals surface area contributed by atoms with E-state index in [-0.39, 0.29) is 0 Å². The first-order valence-electron chi connectivity index (χ1n) is 11.2. The third kappa shape index (κ3) is 5.66. The minimum Gasteiger partial charge on any atom is -0.342 e. The van der Waals surface area contributed by atoms with Crippen LogP contribution >= 0.6 is 0 Å². The molecular formula is C25H33N3O. The van der Waals surface area contributed by atoms with E-state index in [1.54, 1.807) is 6.20 Å². The van der Waals surface area contributed by atoms with Crippen molar-refractivity contribution in [1.82, 2.24) is 14.8 Å². The smallest absolute Gasteiger partial charge is 0.222 e. The number of carbonyl (C=O) groups is 1. The number of hydrogen-bond acceptors (Lipinski definition) is 3. The van der Waals surface area contributed by atoms with Gasteiger partial charge in [-0.05, 0) is 74.2 Å². The second-order valence-electron chi connectivity index (χ2n) is 8.66. The molecule has 1 aromatic carbocycles. The van der Waals surface area contributed by atoms with Gasteiger partial charge < -0.3 is 9.80 Å². The summed E-state index contributed by atoms with van der Waals surface area (Å²) in [6.07, 6.45) is 9.97. The van der Waals surface area contributed by atoms with Gasteiger partial charge in [0.1, 0.15) is 0 Å². The van der Waals surface area contributed by atoms with Gasteiger partial charge in [0.2, 0.25) is 5.91 Å². The average molecular weight is 392 g/mol. The number of amides is 1. The maximum absolute atomic E-state index is 12.6. The minimum absolute atomic E-state index is 0.316. The van der Waals surface area contributed by atoms with Gasteiger partial charge in [0.05, 0.1) is 0 Å². The van der Waals surface area contributed by atoms with Crippen LogP contribution in [0.15, 0.2) is 54.9 Å². The molecular weight excluding hydrogens is 358 g/mol. The molecule has 4 nitrogen and oxygen atoms in total. The fraction of sp³-hybridized carbons (Fsp3) is 0.520. The highest BCUT2D eigenvalue weighted by Gasteiger charge is 2.33. The van der Waals surface area contributed by atoms with Crippen LogP contribution in [-0.2, 0) is 17.6 Å². The van der Waals surface area contributed by atoms with E-state index in [9.17, 15) is 4.79 Å². The van der Waals surface area contributed by atoms with Crippen LogP contribution < -0.4 is 0 Å². The summed E-state index contributed by atoms with van der Waals surface area (Å²) in [5.41, 5.74) is 2.59. The summed E-state index contributed by atoms with van der Waals surface area (Å²) >= 11 is 0. The largest absolute Gasteiger partial charge is 0.342 e. The Kier molecular flexibility index (Phi) is 6.94. The summed E-state index contributed by atoms with van der Waals surface area (Å²) in [4.78, 5) is 21.5. The Morgan fingerprint density at radius 3 is 2.41 bits per heavy atom. The molecule has 1 aromatic heterocycles. The third-order valence-electron chi connectivity index (χ3n) is 6.79. The van der Waals surface area contributed by atoms with Crippen LogP contribution in [-0.4, -0.2) is 53.4 Å². The van der Waals surface area contributed by atoms with Crippen LogP contribution in [0.3, 0.4) is 0 Å². The molecule has 3 heterocycles. The van der Waals surface area contributed by atoms with E-state index in [1.165, 1.54) is 44.5 Å². The fourth-order valence-corrected chi connectivity index (χ4v) is 4.93. The molecule has 2 aliphatic heterocycles. The second kappa shape index (κ2) is 10.0. The summed E-state index contributed by atoms with van der Waals surface area (Å²) in [6.45, 7) is 5.51. The lowest BCUT2D eigenvalue weighted by Gasteiger charge is -2.34. The molecule has 0 N–H and O–H groups in total. The number of piperidine rings is 1. The second-order valence-corrected chi connectivity index (χ2v) is 8.66. The van der Waals surface area contributed by atoms with Gasteiger partial charge in [-0.15, -0.1) is 0 Å². The highest BCUT2D eigenvalue weighted by molar-refractivity contribution is 5.76. The minimum atomic E-state index is 0.316. The van der Waals surface area contributed by atoms with Crippen molar-refractivity contribution in [3.05, 3.63) is 66.0 Å². The molecule has 0 saturated carbocycles. The molecule has 1 unspecified atom stereocenters. The highest BCUT2D eigenvalue weighted by atomic mass is 16.2. The van der Waals surface area contributed by atoms with Crippen molar-refractivity contribution in [2.45, 2.75) is 38.5 Å². The van der Waals surface area contributed by atoms with Gasteiger partial charge in [-0.1, -0.05) is 36.4 Å². The predicted molar refractivity (Wildman–Crippen MR) is 117 cm³/mol. The zero-order valence-corrected chi connectivity index (χ0v) is 17.4. The molecule has 2 saturated heterocycles. The van der Waals surface area contributed by atoms with Crippen molar-refractivity contribution < 1.29 is 4.79 Å². The number of benzene rings is 1. The van der Waals surface area contributed by atoms with E-state index < -0.39 is 0 Å². The van der Waals surface area contributed by atoms with E-state index >= 15 is 0 Å². The van der Waals surface area contributed by atoms with Crippen molar-refractivity contribution in [3.63, 3.8) is 0 Å². The van der Waals surface area contributed by atoms with Crippen LogP contribution in [0.2, 0.25) is 0 Å². The Labute approximate surface area is 174 Å². The highest BCUT2D eigenvalue weighted by Crippen LogP contribution is 2.32. The molecule has 2 fully saturated rings. The van der Waals surface area contributed by atoms with E-state index in [0.717, 1.165) is 37.4 Å². The number of carbonyl (C=O) groups excluding carboxylic acids is 1. The van der Waals surface area contributed by atoms with Crippen LogP contribution in [0.5, 0.6) is 0 Å². The van der Waals surface area contributed by atoms with Gasteiger partial charge in [0.15, 0.2) is 0 Å². The Morgan fingerprint density at radius 1 is 0.897 bits per heavy atom. The van der Waals surface area contributed by atoms with Crippen LogP contribution in [0.4, 0.5) is 0 Å². The zero-order chi connectivity index (χ0) is 19.9. The monoisotopic (exact) mass is 391 g/mol. The number of likely N-dealkylation sites (tertiary alicyclic amines) is 2. The van der Waals surface area contributed by atoms with Crippen molar-refractivity contribution in [2.24, 2.45) is 11.8 Å². The van der Waals surface area contributed by atoms with Crippen molar-refractivity contribution >= 4 is 5.91 Å². The van der Waals surface area contributed by atoms with E-state index in [2.05, 4.69) is 51.2 Å². The van der Waals surface area contributed by atoms with Crippen LogP contribution in [0.25, 0.3) is 0 Å². The number of rotatable bonds is 7. The maximum atomic E-state index is 12.6. The summed E-state index contributed by atoms with van der Waals surface area (Å²) in [5, 5.41) is 0. The number of nitrogens with zero attached hydrogens (tertiary/aromatic N) is 3. The Balaban J connectivity index is 1.17. The van der Waals surface area contributed by atoms with Crippen molar-refractivity contribution in [1.29, 1.82) is 0 Å². The van der Waals surface area contributed by atoms with Gasteiger partial charge in [0.25, 0.3) is 0 Å². The lowest BCUT2D eigenvalue weighted by Crippen LogP contribution is -2.38. The Bertz CT molecular complexity index is 756. The third-order valence-corrected chi connectivity index (χ3v) is 6.79. The summed E-state index contributed by atoms with van der Waals surface area (Å²) in [7, 11) is 0. The van der Waals surface area contributed by atoms with E-state index in [4.69, 9.17) is 0 Å².